The lowest BCUT2D eigenvalue weighted by atomic mass is 10.2. The molecule has 0 fully saturated rings. The maximum atomic E-state index is 12.8. The molecule has 0 radical (unpaired) electrons. The van der Waals surface area contributed by atoms with Crippen molar-refractivity contribution in [2.24, 2.45) is 0 Å². The SMILES string of the molecule is CCNc1cc(NC(C)CCSCC)nc(C(F)(F)F)n1. The molecule has 1 aromatic heterocycles. The molecule has 120 valence electrons. The lowest BCUT2D eigenvalue weighted by Crippen LogP contribution is -2.20. The van der Waals surface area contributed by atoms with Crippen molar-refractivity contribution in [3.8, 4) is 0 Å². The number of hydrogen-bond acceptors (Lipinski definition) is 5. The summed E-state index contributed by atoms with van der Waals surface area (Å²) in [7, 11) is 0. The Hall–Kier alpha value is -1.18. The summed E-state index contributed by atoms with van der Waals surface area (Å²) in [5.74, 6) is 1.24. The number of nitrogens with zero attached hydrogens (tertiary/aromatic N) is 2. The summed E-state index contributed by atoms with van der Waals surface area (Å²) >= 11 is 1.80. The van der Waals surface area contributed by atoms with E-state index in [2.05, 4.69) is 27.5 Å². The smallest absolute Gasteiger partial charge is 0.370 e. The second-order valence-electron chi connectivity index (χ2n) is 4.52. The van der Waals surface area contributed by atoms with Gasteiger partial charge in [0.2, 0.25) is 5.82 Å². The van der Waals surface area contributed by atoms with E-state index in [9.17, 15) is 13.2 Å². The molecule has 2 N–H and O–H groups in total. The number of aromatic nitrogens is 2. The van der Waals surface area contributed by atoms with E-state index in [-0.39, 0.29) is 17.7 Å². The zero-order chi connectivity index (χ0) is 15.9. The summed E-state index contributed by atoms with van der Waals surface area (Å²) in [6.07, 6.45) is -3.69. The van der Waals surface area contributed by atoms with E-state index in [0.29, 0.717) is 6.54 Å². The molecule has 8 heteroatoms. The average Bonchev–Trinajstić information content (AvgIpc) is 2.38. The van der Waals surface area contributed by atoms with Crippen molar-refractivity contribution >= 4 is 23.4 Å². The van der Waals surface area contributed by atoms with Crippen LogP contribution in [-0.4, -0.2) is 34.1 Å². The highest BCUT2D eigenvalue weighted by Gasteiger charge is 2.35. The molecule has 0 amide bonds. The Morgan fingerprint density at radius 1 is 1.24 bits per heavy atom. The molecule has 1 heterocycles. The summed E-state index contributed by atoms with van der Waals surface area (Å²) < 4.78 is 38.4. The molecule has 0 saturated heterocycles. The molecule has 21 heavy (non-hydrogen) atoms. The molecular weight excluding hydrogens is 301 g/mol. The van der Waals surface area contributed by atoms with Crippen LogP contribution in [0.1, 0.15) is 33.0 Å². The standard InChI is InChI=1S/C13H21F3N4S/c1-4-17-10-8-11(18-9(3)6-7-21-5-2)20-12(19-10)13(14,15)16/h8-9H,4-7H2,1-3H3,(H2,17,18,19,20). The predicted octanol–water partition coefficient (Wildman–Crippen LogP) is 3.87. The first-order chi connectivity index (χ1) is 9.86. The molecule has 1 aromatic rings. The number of alkyl halides is 3. The van der Waals surface area contributed by atoms with E-state index in [4.69, 9.17) is 0 Å². The third-order valence-corrected chi connectivity index (χ3v) is 3.56. The van der Waals surface area contributed by atoms with Crippen LogP contribution in [0.5, 0.6) is 0 Å². The Morgan fingerprint density at radius 3 is 2.48 bits per heavy atom. The molecule has 0 bridgehead atoms. The normalized spacial score (nSPS) is 13.0. The van der Waals surface area contributed by atoms with Crippen LogP contribution in [0.2, 0.25) is 0 Å². The van der Waals surface area contributed by atoms with Crippen molar-refractivity contribution < 1.29 is 13.2 Å². The third kappa shape index (κ3) is 6.41. The van der Waals surface area contributed by atoms with Gasteiger partial charge >= 0.3 is 6.18 Å². The minimum atomic E-state index is -4.55. The Kier molecular flexibility index (Phi) is 7.07. The Balaban J connectivity index is 2.82. The van der Waals surface area contributed by atoms with E-state index in [1.165, 1.54) is 6.07 Å². The zero-order valence-electron chi connectivity index (χ0n) is 12.4. The highest BCUT2D eigenvalue weighted by Crippen LogP contribution is 2.28. The number of thioether (sulfide) groups is 1. The fourth-order valence-electron chi connectivity index (χ4n) is 1.65. The van der Waals surface area contributed by atoms with Crippen LogP contribution in [0.25, 0.3) is 0 Å². The van der Waals surface area contributed by atoms with Crippen LogP contribution < -0.4 is 10.6 Å². The highest BCUT2D eigenvalue weighted by atomic mass is 32.2. The van der Waals surface area contributed by atoms with Crippen LogP contribution in [0.15, 0.2) is 6.07 Å². The fraction of sp³-hybridized carbons (Fsp3) is 0.692. The van der Waals surface area contributed by atoms with Crippen LogP contribution in [-0.2, 0) is 6.18 Å². The van der Waals surface area contributed by atoms with Gasteiger partial charge in [-0.3, -0.25) is 0 Å². The second kappa shape index (κ2) is 8.31. The molecule has 0 aliphatic carbocycles. The van der Waals surface area contributed by atoms with Crippen LogP contribution >= 0.6 is 11.8 Å². The van der Waals surface area contributed by atoms with Gasteiger partial charge in [-0.05, 0) is 31.8 Å². The first-order valence-corrected chi connectivity index (χ1v) is 8.06. The molecule has 0 aliphatic rings. The third-order valence-electron chi connectivity index (χ3n) is 2.63. The zero-order valence-corrected chi connectivity index (χ0v) is 13.2. The molecule has 1 rings (SSSR count). The minimum absolute atomic E-state index is 0.0505. The Labute approximate surface area is 127 Å². The summed E-state index contributed by atoms with van der Waals surface area (Å²) in [5, 5.41) is 5.80. The summed E-state index contributed by atoms with van der Waals surface area (Å²) in [4.78, 5) is 7.05. The van der Waals surface area contributed by atoms with Crippen LogP contribution in [0, 0.1) is 0 Å². The molecule has 0 aliphatic heterocycles. The van der Waals surface area contributed by atoms with Gasteiger partial charge in [-0.25, -0.2) is 9.97 Å². The van der Waals surface area contributed by atoms with Gasteiger partial charge in [0, 0.05) is 18.7 Å². The van der Waals surface area contributed by atoms with Crippen molar-refractivity contribution in [2.45, 2.75) is 39.4 Å². The largest absolute Gasteiger partial charge is 0.451 e. The maximum Gasteiger partial charge on any atom is 0.451 e. The predicted molar refractivity (Wildman–Crippen MR) is 81.9 cm³/mol. The van der Waals surface area contributed by atoms with E-state index < -0.39 is 12.0 Å². The summed E-state index contributed by atoms with van der Waals surface area (Å²) in [6, 6.07) is 1.55. The maximum absolute atomic E-state index is 12.8. The van der Waals surface area contributed by atoms with Gasteiger partial charge in [-0.1, -0.05) is 6.92 Å². The molecule has 1 atom stereocenters. The van der Waals surface area contributed by atoms with E-state index >= 15 is 0 Å². The molecular formula is C13H21F3N4S. The summed E-state index contributed by atoms with van der Waals surface area (Å²) in [5.41, 5.74) is 0. The van der Waals surface area contributed by atoms with Crippen molar-refractivity contribution in [3.05, 3.63) is 11.9 Å². The first kappa shape index (κ1) is 17.9. The average molecular weight is 322 g/mol. The summed E-state index contributed by atoms with van der Waals surface area (Å²) in [6.45, 7) is 6.30. The van der Waals surface area contributed by atoms with Crippen molar-refractivity contribution in [1.29, 1.82) is 0 Å². The quantitative estimate of drug-likeness (QED) is 0.712. The van der Waals surface area contributed by atoms with Gasteiger partial charge in [0.05, 0.1) is 0 Å². The first-order valence-electron chi connectivity index (χ1n) is 6.91. The fourth-order valence-corrected chi connectivity index (χ4v) is 2.46. The van der Waals surface area contributed by atoms with Crippen molar-refractivity contribution in [3.63, 3.8) is 0 Å². The molecule has 4 nitrogen and oxygen atoms in total. The second-order valence-corrected chi connectivity index (χ2v) is 5.91. The lowest BCUT2D eigenvalue weighted by Gasteiger charge is -2.16. The number of anilines is 2. The molecule has 0 saturated carbocycles. The van der Waals surface area contributed by atoms with E-state index in [0.717, 1.165) is 17.9 Å². The number of nitrogens with one attached hydrogen (secondary N) is 2. The van der Waals surface area contributed by atoms with Crippen molar-refractivity contribution in [1.82, 2.24) is 9.97 Å². The highest BCUT2D eigenvalue weighted by molar-refractivity contribution is 7.99. The van der Waals surface area contributed by atoms with E-state index in [1.807, 2.05) is 6.92 Å². The topological polar surface area (TPSA) is 49.8 Å². The van der Waals surface area contributed by atoms with Gasteiger partial charge in [0.1, 0.15) is 11.6 Å². The number of halogens is 3. The van der Waals surface area contributed by atoms with Gasteiger partial charge in [0.15, 0.2) is 0 Å². The lowest BCUT2D eigenvalue weighted by molar-refractivity contribution is -0.144. The van der Waals surface area contributed by atoms with E-state index in [1.54, 1.807) is 18.7 Å². The number of rotatable bonds is 8. The molecule has 0 spiro atoms. The van der Waals surface area contributed by atoms with Gasteiger partial charge in [-0.2, -0.15) is 24.9 Å². The van der Waals surface area contributed by atoms with Gasteiger partial charge < -0.3 is 10.6 Å². The van der Waals surface area contributed by atoms with Crippen molar-refractivity contribution in [2.75, 3.05) is 28.7 Å². The van der Waals surface area contributed by atoms with Gasteiger partial charge in [-0.15, -0.1) is 0 Å². The van der Waals surface area contributed by atoms with Crippen LogP contribution in [0.3, 0.4) is 0 Å². The Morgan fingerprint density at radius 2 is 1.90 bits per heavy atom. The Bertz CT molecular complexity index is 440. The molecule has 1 unspecified atom stereocenters. The minimum Gasteiger partial charge on any atom is -0.370 e. The number of hydrogen-bond donors (Lipinski definition) is 2. The van der Waals surface area contributed by atoms with Crippen LogP contribution in [0.4, 0.5) is 24.8 Å². The molecule has 0 aromatic carbocycles. The monoisotopic (exact) mass is 322 g/mol. The van der Waals surface area contributed by atoms with Gasteiger partial charge in [0.25, 0.3) is 0 Å².